The van der Waals surface area contributed by atoms with Crippen LogP contribution in [0.3, 0.4) is 0 Å². The van der Waals surface area contributed by atoms with Gasteiger partial charge in [-0.3, -0.25) is 0 Å². The van der Waals surface area contributed by atoms with Crippen molar-refractivity contribution in [2.24, 2.45) is 11.7 Å². The van der Waals surface area contributed by atoms with E-state index in [2.05, 4.69) is 5.32 Å². The zero-order valence-electron chi connectivity index (χ0n) is 12.8. The van der Waals surface area contributed by atoms with Crippen LogP contribution in [-0.4, -0.2) is 37.7 Å². The molecule has 0 aromatic heterocycles. The zero-order valence-corrected chi connectivity index (χ0v) is 12.8. The third-order valence-electron chi connectivity index (χ3n) is 3.90. The first-order chi connectivity index (χ1) is 10.1. The van der Waals surface area contributed by atoms with Crippen LogP contribution >= 0.6 is 0 Å². The fourth-order valence-electron chi connectivity index (χ4n) is 2.69. The number of anilines is 1. The number of nitrogens with two attached hydrogens (primary N) is 1. The number of hydrogen-bond donors (Lipinski definition) is 2. The van der Waals surface area contributed by atoms with Gasteiger partial charge in [0.1, 0.15) is 0 Å². The molecule has 5 nitrogen and oxygen atoms in total. The highest BCUT2D eigenvalue weighted by atomic mass is 16.5. The summed E-state index contributed by atoms with van der Waals surface area (Å²) in [5.41, 5.74) is 7.68. The third kappa shape index (κ3) is 4.44. The van der Waals surface area contributed by atoms with Gasteiger partial charge in [-0.2, -0.15) is 0 Å². The molecule has 0 radical (unpaired) electrons. The lowest BCUT2D eigenvalue weighted by molar-refractivity contribution is 0.104. The van der Waals surface area contributed by atoms with Gasteiger partial charge in [0, 0.05) is 37.8 Å². The predicted octanol–water partition coefficient (Wildman–Crippen LogP) is 2.60. The summed E-state index contributed by atoms with van der Waals surface area (Å²) < 4.78 is 5.19. The van der Waals surface area contributed by atoms with Crippen LogP contribution in [0.25, 0.3) is 0 Å². The number of benzene rings is 1. The predicted molar refractivity (Wildman–Crippen MR) is 84.2 cm³/mol. The summed E-state index contributed by atoms with van der Waals surface area (Å²) in [7, 11) is 1.71. The molecule has 1 aromatic carbocycles. The lowest BCUT2D eigenvalue weighted by atomic mass is 9.99. The quantitative estimate of drug-likeness (QED) is 0.896. The Balaban J connectivity index is 1.91. The molecule has 21 heavy (non-hydrogen) atoms. The van der Waals surface area contributed by atoms with Crippen LogP contribution in [0.4, 0.5) is 10.5 Å². The van der Waals surface area contributed by atoms with Crippen LogP contribution in [0.1, 0.15) is 31.4 Å². The fourth-order valence-corrected chi connectivity index (χ4v) is 2.69. The average molecular weight is 291 g/mol. The first-order valence-corrected chi connectivity index (χ1v) is 7.50. The van der Waals surface area contributed by atoms with Crippen molar-refractivity contribution < 1.29 is 9.53 Å². The number of urea groups is 1. The first-order valence-electron chi connectivity index (χ1n) is 7.50. The minimum absolute atomic E-state index is 0.00616. The number of nitrogens with one attached hydrogen (secondary N) is 1. The summed E-state index contributed by atoms with van der Waals surface area (Å²) in [6.07, 6.45) is 2.16. The molecule has 3 N–H and O–H groups in total. The molecule has 0 spiro atoms. The van der Waals surface area contributed by atoms with Crippen LogP contribution in [0.2, 0.25) is 0 Å². The number of carbonyl (C=O) groups excluding carboxylic acids is 1. The second kappa shape index (κ2) is 7.43. The maximum absolute atomic E-state index is 12.3. The second-order valence-electron chi connectivity index (χ2n) is 5.75. The molecule has 1 aliphatic heterocycles. The Labute approximate surface area is 126 Å². The molecule has 5 heteroatoms. The van der Waals surface area contributed by atoms with Gasteiger partial charge in [-0.15, -0.1) is 0 Å². The number of methoxy groups -OCH3 is 1. The third-order valence-corrected chi connectivity index (χ3v) is 3.90. The van der Waals surface area contributed by atoms with Crippen molar-refractivity contribution in [3.8, 4) is 0 Å². The van der Waals surface area contributed by atoms with E-state index in [4.69, 9.17) is 10.5 Å². The Morgan fingerprint density at radius 3 is 2.81 bits per heavy atom. The number of carbonyl (C=O) groups is 1. The molecule has 0 aliphatic carbocycles. The van der Waals surface area contributed by atoms with E-state index >= 15 is 0 Å². The van der Waals surface area contributed by atoms with Crippen LogP contribution < -0.4 is 11.1 Å². The zero-order chi connectivity index (χ0) is 15.2. The highest BCUT2D eigenvalue weighted by Crippen LogP contribution is 2.19. The van der Waals surface area contributed by atoms with Crippen LogP contribution in [0, 0.1) is 5.92 Å². The topological polar surface area (TPSA) is 67.6 Å². The lowest BCUT2D eigenvalue weighted by Crippen LogP contribution is -2.43. The average Bonchev–Trinajstić information content (AvgIpc) is 2.48. The molecular weight excluding hydrogens is 266 g/mol. The van der Waals surface area contributed by atoms with E-state index in [0.717, 1.165) is 37.2 Å². The second-order valence-corrected chi connectivity index (χ2v) is 5.75. The Bertz CT molecular complexity index is 457. The lowest BCUT2D eigenvalue weighted by Gasteiger charge is -2.32. The van der Waals surface area contributed by atoms with Crippen LogP contribution in [0.15, 0.2) is 24.3 Å². The van der Waals surface area contributed by atoms with E-state index in [1.54, 1.807) is 7.11 Å². The molecule has 116 valence electrons. The Hall–Kier alpha value is -1.59. The van der Waals surface area contributed by atoms with Crippen LogP contribution in [0.5, 0.6) is 0 Å². The van der Waals surface area contributed by atoms with E-state index in [1.807, 2.05) is 36.1 Å². The van der Waals surface area contributed by atoms with E-state index in [-0.39, 0.29) is 12.1 Å². The fraction of sp³-hybridized carbons (Fsp3) is 0.562. The number of ether oxygens (including phenoxy) is 1. The van der Waals surface area contributed by atoms with E-state index in [9.17, 15) is 4.79 Å². The number of piperidine rings is 1. The number of hydrogen-bond acceptors (Lipinski definition) is 3. The standard InChI is InChI=1S/C16H25N3O2/c1-12(17)14-5-7-15(8-6-14)18-16(20)19-9-3-4-13(10-19)11-21-2/h5-8,12-13H,3-4,9-11,17H2,1-2H3,(H,18,20). The highest BCUT2D eigenvalue weighted by molar-refractivity contribution is 5.89. The Morgan fingerprint density at radius 2 is 2.19 bits per heavy atom. The van der Waals surface area contributed by atoms with Crippen molar-refractivity contribution in [2.75, 3.05) is 32.1 Å². The molecule has 1 aromatic rings. The van der Waals surface area contributed by atoms with Crippen molar-refractivity contribution >= 4 is 11.7 Å². The van der Waals surface area contributed by atoms with E-state index in [0.29, 0.717) is 12.5 Å². The first kappa shape index (κ1) is 15.8. The Morgan fingerprint density at radius 1 is 1.48 bits per heavy atom. The molecule has 2 atom stereocenters. The van der Waals surface area contributed by atoms with Crippen molar-refractivity contribution in [1.29, 1.82) is 0 Å². The van der Waals surface area contributed by atoms with Gasteiger partial charge in [0.15, 0.2) is 0 Å². The molecule has 1 saturated heterocycles. The van der Waals surface area contributed by atoms with Gasteiger partial charge in [-0.05, 0) is 37.5 Å². The van der Waals surface area contributed by atoms with Gasteiger partial charge in [-0.25, -0.2) is 4.79 Å². The molecule has 2 unspecified atom stereocenters. The SMILES string of the molecule is COCC1CCCN(C(=O)Nc2ccc(C(C)N)cc2)C1. The minimum Gasteiger partial charge on any atom is -0.384 e. The molecule has 2 amide bonds. The number of rotatable bonds is 4. The number of nitrogens with zero attached hydrogens (tertiary/aromatic N) is 1. The van der Waals surface area contributed by atoms with Gasteiger partial charge < -0.3 is 20.7 Å². The molecular formula is C16H25N3O2. The highest BCUT2D eigenvalue weighted by Gasteiger charge is 2.23. The van der Waals surface area contributed by atoms with Gasteiger partial charge >= 0.3 is 6.03 Å². The van der Waals surface area contributed by atoms with Gasteiger partial charge in [0.05, 0.1) is 6.61 Å². The van der Waals surface area contributed by atoms with Crippen molar-refractivity contribution in [3.05, 3.63) is 29.8 Å². The monoisotopic (exact) mass is 291 g/mol. The van der Waals surface area contributed by atoms with Gasteiger partial charge in [0.25, 0.3) is 0 Å². The molecule has 0 bridgehead atoms. The number of likely N-dealkylation sites (tertiary alicyclic amines) is 1. The maximum atomic E-state index is 12.3. The summed E-state index contributed by atoms with van der Waals surface area (Å²) in [4.78, 5) is 14.2. The van der Waals surface area contributed by atoms with E-state index in [1.165, 1.54) is 0 Å². The van der Waals surface area contributed by atoms with E-state index < -0.39 is 0 Å². The molecule has 1 heterocycles. The smallest absolute Gasteiger partial charge is 0.321 e. The summed E-state index contributed by atoms with van der Waals surface area (Å²) in [6, 6.07) is 7.66. The van der Waals surface area contributed by atoms with Gasteiger partial charge in [-0.1, -0.05) is 12.1 Å². The minimum atomic E-state index is -0.0376. The van der Waals surface area contributed by atoms with Crippen molar-refractivity contribution in [1.82, 2.24) is 4.90 Å². The summed E-state index contributed by atoms with van der Waals surface area (Å²) in [6.45, 7) is 4.23. The summed E-state index contributed by atoms with van der Waals surface area (Å²) in [5, 5.41) is 2.95. The molecule has 2 rings (SSSR count). The van der Waals surface area contributed by atoms with Crippen LogP contribution in [-0.2, 0) is 4.74 Å². The van der Waals surface area contributed by atoms with Gasteiger partial charge in [0.2, 0.25) is 0 Å². The molecule has 1 fully saturated rings. The van der Waals surface area contributed by atoms with Crippen molar-refractivity contribution in [3.63, 3.8) is 0 Å². The summed E-state index contributed by atoms with van der Waals surface area (Å²) in [5.74, 6) is 0.440. The van der Waals surface area contributed by atoms with Crippen molar-refractivity contribution in [2.45, 2.75) is 25.8 Å². The Kier molecular flexibility index (Phi) is 5.59. The summed E-state index contributed by atoms with van der Waals surface area (Å²) >= 11 is 0. The largest absolute Gasteiger partial charge is 0.384 e. The molecule has 1 aliphatic rings. The normalized spacial score (nSPS) is 20.1. The molecule has 0 saturated carbocycles. The number of amides is 2. The maximum Gasteiger partial charge on any atom is 0.321 e.